The van der Waals surface area contributed by atoms with Crippen LogP contribution >= 0.6 is 0 Å². The summed E-state index contributed by atoms with van der Waals surface area (Å²) in [5, 5.41) is 2.52. The topological polar surface area (TPSA) is 84.8 Å². The highest BCUT2D eigenvalue weighted by atomic mass is 32.2. The van der Waals surface area contributed by atoms with E-state index in [1.807, 2.05) is 0 Å². The average molecular weight is 354 g/mol. The maximum Gasteiger partial charge on any atom is 0.408 e. The van der Waals surface area contributed by atoms with Gasteiger partial charge in [-0.2, -0.15) is 4.36 Å². The molecule has 1 aromatic carbocycles. The Morgan fingerprint density at radius 2 is 1.71 bits per heavy atom. The van der Waals surface area contributed by atoms with Gasteiger partial charge in [-0.05, 0) is 38.8 Å². The fourth-order valence-electron chi connectivity index (χ4n) is 1.90. The van der Waals surface area contributed by atoms with E-state index >= 15 is 0 Å². The van der Waals surface area contributed by atoms with Crippen LogP contribution in [0.2, 0.25) is 0 Å². The Morgan fingerprint density at radius 3 is 2.17 bits per heavy atom. The van der Waals surface area contributed by atoms with E-state index in [1.54, 1.807) is 65.0 Å². The molecular weight excluding hydrogens is 328 g/mol. The highest BCUT2D eigenvalue weighted by Crippen LogP contribution is 2.14. The van der Waals surface area contributed by atoms with Crippen LogP contribution < -0.4 is 5.32 Å². The normalized spacial score (nSPS) is 15.3. The molecule has 1 aromatic rings. The Morgan fingerprint density at radius 1 is 1.17 bits per heavy atom. The van der Waals surface area contributed by atoms with Gasteiger partial charge in [0.2, 0.25) is 0 Å². The molecule has 0 bridgehead atoms. The number of benzene rings is 1. The Labute approximate surface area is 144 Å². The van der Waals surface area contributed by atoms with Crippen molar-refractivity contribution in [3.05, 3.63) is 30.3 Å². The van der Waals surface area contributed by atoms with Gasteiger partial charge in [0.25, 0.3) is 5.91 Å². The zero-order valence-electron chi connectivity index (χ0n) is 15.0. The Kier molecular flexibility index (Phi) is 6.54. The molecule has 0 unspecified atom stereocenters. The number of nitrogens with zero attached hydrogens (tertiary/aromatic N) is 1. The first-order chi connectivity index (χ1) is 10.9. The number of hydrogen-bond acceptors (Lipinski definition) is 4. The van der Waals surface area contributed by atoms with Crippen molar-refractivity contribution in [3.8, 4) is 0 Å². The van der Waals surface area contributed by atoms with Crippen LogP contribution in [0.1, 0.15) is 34.6 Å². The van der Waals surface area contributed by atoms with E-state index in [0.717, 1.165) is 0 Å². The van der Waals surface area contributed by atoms with Crippen LogP contribution in [0.5, 0.6) is 0 Å². The van der Waals surface area contributed by atoms with Gasteiger partial charge in [0.05, 0.1) is 9.73 Å². The molecule has 0 saturated carbocycles. The van der Waals surface area contributed by atoms with Crippen molar-refractivity contribution in [3.63, 3.8) is 0 Å². The summed E-state index contributed by atoms with van der Waals surface area (Å²) >= 11 is 0. The first-order valence-electron chi connectivity index (χ1n) is 7.73. The second-order valence-corrected chi connectivity index (χ2v) is 9.17. The number of carbonyl (C=O) groups is 2. The summed E-state index contributed by atoms with van der Waals surface area (Å²) in [7, 11) is -2.88. The molecule has 0 aliphatic carbocycles. The first kappa shape index (κ1) is 20.2. The summed E-state index contributed by atoms with van der Waals surface area (Å²) in [6.45, 7) is 8.75. The molecule has 0 aliphatic rings. The lowest BCUT2D eigenvalue weighted by atomic mass is 10.0. The van der Waals surface area contributed by atoms with Gasteiger partial charge in [-0.15, -0.1) is 0 Å². The fraction of sp³-hybridized carbons (Fsp3) is 0.529. The number of hydrogen-bond donors (Lipinski definition) is 1. The molecule has 0 fully saturated rings. The van der Waals surface area contributed by atoms with Crippen molar-refractivity contribution >= 4 is 21.7 Å². The quantitative estimate of drug-likeness (QED) is 0.899. The van der Waals surface area contributed by atoms with E-state index in [0.29, 0.717) is 4.90 Å². The van der Waals surface area contributed by atoms with Crippen LogP contribution in [0.4, 0.5) is 4.79 Å². The molecule has 0 saturated heterocycles. The molecule has 0 radical (unpaired) electrons. The maximum atomic E-state index is 12.7. The van der Waals surface area contributed by atoms with E-state index in [1.165, 1.54) is 6.26 Å². The number of ether oxygens (including phenoxy) is 1. The van der Waals surface area contributed by atoms with Crippen LogP contribution in [0.25, 0.3) is 0 Å². The predicted octanol–water partition coefficient (Wildman–Crippen LogP) is 3.22. The minimum absolute atomic E-state index is 0.222. The third-order valence-electron chi connectivity index (χ3n) is 3.05. The van der Waals surface area contributed by atoms with Gasteiger partial charge in [-0.3, -0.25) is 4.79 Å². The van der Waals surface area contributed by atoms with Gasteiger partial charge < -0.3 is 10.1 Å². The van der Waals surface area contributed by atoms with Crippen molar-refractivity contribution in [2.24, 2.45) is 10.3 Å². The number of rotatable bonds is 4. The standard InChI is InChI=1S/C17H26N2O4S/c1-12(2)14(18-16(21)23-17(3,4)5)15(20)19-24(6,22)13-10-8-7-9-11-13/h7-12,14H,1-6H3,(H,18,21)/t14-,24-/m0/s1. The van der Waals surface area contributed by atoms with E-state index in [-0.39, 0.29) is 5.92 Å². The molecule has 0 aliphatic heterocycles. The van der Waals surface area contributed by atoms with E-state index in [9.17, 15) is 13.8 Å². The second-order valence-electron chi connectivity index (χ2n) is 6.91. The SMILES string of the molecule is CC(C)[C@H](NC(=O)OC(C)(C)C)C(=O)N=[S@@](C)(=O)c1ccccc1. The number of nitrogens with one attached hydrogen (secondary N) is 1. The Balaban J connectivity index is 3.01. The minimum atomic E-state index is -2.88. The maximum absolute atomic E-state index is 12.7. The van der Waals surface area contributed by atoms with Crippen molar-refractivity contribution in [1.29, 1.82) is 0 Å². The lowest BCUT2D eigenvalue weighted by Gasteiger charge is -2.24. The second kappa shape index (κ2) is 7.79. The number of alkyl carbamates (subject to hydrolysis) is 1. The van der Waals surface area contributed by atoms with Crippen LogP contribution in [-0.4, -0.2) is 34.1 Å². The Hall–Kier alpha value is -1.89. The molecule has 2 atom stereocenters. The van der Waals surface area contributed by atoms with Crippen LogP contribution in [0.3, 0.4) is 0 Å². The molecule has 0 heterocycles. The summed E-state index contributed by atoms with van der Waals surface area (Å²) in [4.78, 5) is 24.8. The molecule has 2 amide bonds. The third-order valence-corrected chi connectivity index (χ3v) is 4.72. The fourth-order valence-corrected chi connectivity index (χ4v) is 3.13. The smallest absolute Gasteiger partial charge is 0.408 e. The van der Waals surface area contributed by atoms with Crippen LogP contribution in [-0.2, 0) is 19.3 Å². The largest absolute Gasteiger partial charge is 0.444 e. The van der Waals surface area contributed by atoms with E-state index < -0.39 is 33.4 Å². The molecule has 134 valence electrons. The van der Waals surface area contributed by atoms with Gasteiger partial charge in [0.15, 0.2) is 0 Å². The molecule has 1 N–H and O–H groups in total. The zero-order valence-corrected chi connectivity index (χ0v) is 15.8. The van der Waals surface area contributed by atoms with E-state index in [2.05, 4.69) is 9.68 Å². The summed E-state index contributed by atoms with van der Waals surface area (Å²) in [6.07, 6.45) is 0.706. The zero-order chi connectivity index (χ0) is 18.5. The number of carbonyl (C=O) groups excluding carboxylic acids is 2. The summed E-state index contributed by atoms with van der Waals surface area (Å²) in [5.74, 6) is -0.855. The minimum Gasteiger partial charge on any atom is -0.444 e. The van der Waals surface area contributed by atoms with Gasteiger partial charge in [-0.1, -0.05) is 32.0 Å². The number of amides is 2. The molecule has 24 heavy (non-hydrogen) atoms. The molecular formula is C17H26N2O4S. The van der Waals surface area contributed by atoms with Crippen LogP contribution in [0.15, 0.2) is 39.6 Å². The molecule has 1 rings (SSSR count). The van der Waals surface area contributed by atoms with Gasteiger partial charge in [0.1, 0.15) is 11.6 Å². The van der Waals surface area contributed by atoms with Crippen molar-refractivity contribution in [2.75, 3.05) is 6.26 Å². The lowest BCUT2D eigenvalue weighted by Crippen LogP contribution is -2.46. The van der Waals surface area contributed by atoms with Crippen molar-refractivity contribution < 1.29 is 18.5 Å². The molecule has 7 heteroatoms. The summed E-state index contributed by atoms with van der Waals surface area (Å²) in [6, 6.07) is 7.68. The Bertz CT molecular complexity index is 699. The van der Waals surface area contributed by atoms with Gasteiger partial charge >= 0.3 is 6.09 Å². The van der Waals surface area contributed by atoms with Gasteiger partial charge in [-0.25, -0.2) is 9.00 Å². The highest BCUT2D eigenvalue weighted by molar-refractivity contribution is 7.93. The predicted molar refractivity (Wildman–Crippen MR) is 94.2 cm³/mol. The monoisotopic (exact) mass is 354 g/mol. The first-order valence-corrected chi connectivity index (χ1v) is 9.65. The van der Waals surface area contributed by atoms with E-state index in [4.69, 9.17) is 4.74 Å². The summed E-state index contributed by atoms with van der Waals surface area (Å²) in [5.41, 5.74) is -0.672. The lowest BCUT2D eigenvalue weighted by molar-refractivity contribution is -0.120. The highest BCUT2D eigenvalue weighted by Gasteiger charge is 2.27. The van der Waals surface area contributed by atoms with Gasteiger partial charge in [0, 0.05) is 11.2 Å². The molecule has 0 spiro atoms. The molecule has 0 aromatic heterocycles. The van der Waals surface area contributed by atoms with Crippen molar-refractivity contribution in [1.82, 2.24) is 5.32 Å². The average Bonchev–Trinajstić information content (AvgIpc) is 2.43. The summed E-state index contributed by atoms with van der Waals surface area (Å²) < 4.78 is 21.7. The van der Waals surface area contributed by atoms with Crippen LogP contribution in [0, 0.1) is 5.92 Å². The third kappa shape index (κ3) is 6.31. The van der Waals surface area contributed by atoms with Crippen molar-refractivity contribution in [2.45, 2.75) is 51.2 Å². The molecule has 6 nitrogen and oxygen atoms in total.